The minimum Gasteiger partial charge on any atom is -0.385 e. The summed E-state index contributed by atoms with van der Waals surface area (Å²) >= 11 is 0. The van der Waals surface area contributed by atoms with E-state index in [4.69, 9.17) is 0 Å². The minimum absolute atomic E-state index is 0.000389. The zero-order chi connectivity index (χ0) is 28.2. The zero-order valence-electron chi connectivity index (χ0n) is 20.8. The Hall–Kier alpha value is -3.80. The number of carbonyl (C=O) groups excluding carboxylic acids is 1. The molecule has 0 atom stereocenters. The second kappa shape index (κ2) is 11.5. The van der Waals surface area contributed by atoms with Crippen molar-refractivity contribution in [2.75, 3.05) is 19.6 Å². The van der Waals surface area contributed by atoms with Crippen molar-refractivity contribution >= 4 is 26.8 Å². The molecule has 2 N–H and O–H groups in total. The molecular weight excluding hydrogens is 531 g/mol. The number of benzene rings is 2. The maximum absolute atomic E-state index is 14.3. The van der Waals surface area contributed by atoms with Gasteiger partial charge in [-0.15, -0.1) is 0 Å². The van der Waals surface area contributed by atoms with E-state index < -0.39 is 39.0 Å². The standard InChI is InChI=1S/C28H26F3N3O4S/c1-2-6-19(27(35)34-17-13-28(36,14-18-34)21-9-3-10-23(30)25(21)31)7-4-16-33-39(37,38)24-12-11-22(29)20-8-5-15-32-26(20)24/h2-12,15,33,36H,1,13-14,16-18H2/b7-4-,19-6+. The largest absolute Gasteiger partial charge is 0.385 e. The molecule has 7 nitrogen and oxygen atoms in total. The lowest BCUT2D eigenvalue weighted by Gasteiger charge is -2.38. The van der Waals surface area contributed by atoms with Crippen molar-refractivity contribution in [3.63, 3.8) is 0 Å². The first kappa shape index (κ1) is 28.2. The van der Waals surface area contributed by atoms with E-state index in [0.717, 1.165) is 18.2 Å². The van der Waals surface area contributed by atoms with Crippen LogP contribution < -0.4 is 4.72 Å². The number of allylic oxidation sites excluding steroid dienone is 2. The normalized spacial score (nSPS) is 16.1. The molecule has 0 aliphatic carbocycles. The van der Waals surface area contributed by atoms with Gasteiger partial charge < -0.3 is 10.0 Å². The van der Waals surface area contributed by atoms with Crippen molar-refractivity contribution in [3.05, 3.63) is 108 Å². The molecule has 0 bridgehead atoms. The van der Waals surface area contributed by atoms with Gasteiger partial charge in [0.25, 0.3) is 5.91 Å². The van der Waals surface area contributed by atoms with E-state index >= 15 is 0 Å². The fraction of sp³-hybridized carbons (Fsp3) is 0.214. The topological polar surface area (TPSA) is 99.6 Å². The molecule has 1 fully saturated rings. The Bertz CT molecular complexity index is 1580. The van der Waals surface area contributed by atoms with Gasteiger partial charge in [-0.1, -0.05) is 43.0 Å². The average molecular weight is 558 g/mol. The molecule has 11 heteroatoms. The maximum atomic E-state index is 14.3. The summed E-state index contributed by atoms with van der Waals surface area (Å²) in [6, 6.07) is 8.75. The van der Waals surface area contributed by atoms with Gasteiger partial charge >= 0.3 is 0 Å². The van der Waals surface area contributed by atoms with E-state index in [0.29, 0.717) is 0 Å². The van der Waals surface area contributed by atoms with Gasteiger partial charge in [-0.05, 0) is 43.2 Å². The molecule has 1 aliphatic heterocycles. The number of aromatic nitrogens is 1. The van der Waals surface area contributed by atoms with Crippen LogP contribution in [0.25, 0.3) is 10.9 Å². The molecule has 4 rings (SSSR count). The highest BCUT2D eigenvalue weighted by Gasteiger charge is 2.38. The molecule has 0 saturated carbocycles. The number of sulfonamides is 1. The van der Waals surface area contributed by atoms with E-state index in [9.17, 15) is 31.5 Å². The number of carbonyl (C=O) groups is 1. The van der Waals surface area contributed by atoms with Crippen LogP contribution in [0.2, 0.25) is 0 Å². The summed E-state index contributed by atoms with van der Waals surface area (Å²) in [4.78, 5) is 18.4. The maximum Gasteiger partial charge on any atom is 0.253 e. The van der Waals surface area contributed by atoms with Gasteiger partial charge in [0.15, 0.2) is 11.6 Å². The number of nitrogens with one attached hydrogen (secondary N) is 1. The number of nitrogens with zero attached hydrogens (tertiary/aromatic N) is 2. The first-order valence-corrected chi connectivity index (χ1v) is 13.5. The second-order valence-electron chi connectivity index (χ2n) is 8.98. The number of pyridine rings is 1. The van der Waals surface area contributed by atoms with Crippen molar-refractivity contribution in [1.29, 1.82) is 0 Å². The molecule has 3 aromatic rings. The number of fused-ring (bicyclic) bond motifs is 1. The summed E-state index contributed by atoms with van der Waals surface area (Å²) in [6.45, 7) is 3.61. The van der Waals surface area contributed by atoms with Crippen LogP contribution >= 0.6 is 0 Å². The molecule has 1 amide bonds. The molecule has 204 valence electrons. The Morgan fingerprint density at radius 1 is 1.10 bits per heavy atom. The van der Waals surface area contributed by atoms with Crippen molar-refractivity contribution in [2.24, 2.45) is 0 Å². The number of amides is 1. The van der Waals surface area contributed by atoms with Crippen LogP contribution in [0.4, 0.5) is 13.2 Å². The first-order chi connectivity index (χ1) is 18.6. The van der Waals surface area contributed by atoms with Gasteiger partial charge in [-0.2, -0.15) is 0 Å². The number of likely N-dealkylation sites (tertiary alicyclic amines) is 1. The van der Waals surface area contributed by atoms with E-state index in [1.165, 1.54) is 59.7 Å². The number of rotatable bonds is 8. The Morgan fingerprint density at radius 2 is 1.85 bits per heavy atom. The highest BCUT2D eigenvalue weighted by atomic mass is 32.2. The third-order valence-electron chi connectivity index (χ3n) is 6.53. The smallest absolute Gasteiger partial charge is 0.253 e. The van der Waals surface area contributed by atoms with Crippen molar-refractivity contribution in [1.82, 2.24) is 14.6 Å². The third-order valence-corrected chi connectivity index (χ3v) is 7.99. The number of aliphatic hydroxyl groups is 1. The SMILES string of the molecule is C=C/C=C(\C=C/CNS(=O)(=O)c1ccc(F)c2cccnc12)C(=O)N1CCC(O)(c2cccc(F)c2F)CC1. The van der Waals surface area contributed by atoms with Gasteiger partial charge in [0.2, 0.25) is 10.0 Å². The summed E-state index contributed by atoms with van der Waals surface area (Å²) in [7, 11) is -4.05. The average Bonchev–Trinajstić information content (AvgIpc) is 2.92. The Balaban J connectivity index is 1.41. The van der Waals surface area contributed by atoms with Crippen LogP contribution in [-0.4, -0.2) is 48.9 Å². The van der Waals surface area contributed by atoms with E-state index in [2.05, 4.69) is 16.3 Å². The van der Waals surface area contributed by atoms with E-state index in [-0.39, 0.29) is 59.4 Å². The molecule has 1 aliphatic rings. The van der Waals surface area contributed by atoms with E-state index in [1.54, 1.807) is 0 Å². The summed E-state index contributed by atoms with van der Waals surface area (Å²) in [5.41, 5.74) is -1.55. The van der Waals surface area contributed by atoms with Crippen LogP contribution in [-0.2, 0) is 20.4 Å². The van der Waals surface area contributed by atoms with Crippen molar-refractivity contribution in [3.8, 4) is 0 Å². The van der Waals surface area contributed by atoms with Gasteiger partial charge in [0, 0.05) is 42.4 Å². The van der Waals surface area contributed by atoms with Crippen LogP contribution in [0.15, 0.2) is 90.0 Å². The molecule has 39 heavy (non-hydrogen) atoms. The molecule has 1 saturated heterocycles. The first-order valence-electron chi connectivity index (χ1n) is 12.1. The van der Waals surface area contributed by atoms with Gasteiger partial charge in [0.05, 0.1) is 11.1 Å². The van der Waals surface area contributed by atoms with Gasteiger partial charge in [-0.25, -0.2) is 26.3 Å². The summed E-state index contributed by atoms with van der Waals surface area (Å²) in [6.07, 6.45) is 7.10. The molecular formula is C28H26F3N3O4S. The number of piperidine rings is 1. The van der Waals surface area contributed by atoms with Crippen molar-refractivity contribution in [2.45, 2.75) is 23.3 Å². The van der Waals surface area contributed by atoms with Crippen LogP contribution in [0, 0.1) is 17.5 Å². The number of hydrogen-bond donors (Lipinski definition) is 2. The summed E-state index contributed by atoms with van der Waals surface area (Å²) in [5.74, 6) is -3.15. The summed E-state index contributed by atoms with van der Waals surface area (Å²) < 4.78 is 70.1. The van der Waals surface area contributed by atoms with Crippen molar-refractivity contribution < 1.29 is 31.5 Å². The molecule has 0 radical (unpaired) electrons. The lowest BCUT2D eigenvalue weighted by Crippen LogP contribution is -2.46. The molecule has 2 heterocycles. The predicted octanol–water partition coefficient (Wildman–Crippen LogP) is 4.11. The fourth-order valence-corrected chi connectivity index (χ4v) is 5.61. The van der Waals surface area contributed by atoms with Crippen LogP contribution in [0.1, 0.15) is 18.4 Å². The number of hydrogen-bond acceptors (Lipinski definition) is 5. The van der Waals surface area contributed by atoms with Crippen LogP contribution in [0.3, 0.4) is 0 Å². The third kappa shape index (κ3) is 5.95. The highest BCUT2D eigenvalue weighted by Crippen LogP contribution is 2.35. The summed E-state index contributed by atoms with van der Waals surface area (Å²) in [5, 5.41) is 11.0. The molecule has 2 aromatic carbocycles. The second-order valence-corrected chi connectivity index (χ2v) is 10.7. The number of halogens is 3. The monoisotopic (exact) mass is 557 g/mol. The Morgan fingerprint density at radius 3 is 2.56 bits per heavy atom. The lowest BCUT2D eigenvalue weighted by atomic mass is 9.84. The van der Waals surface area contributed by atoms with Gasteiger partial charge in [0.1, 0.15) is 10.7 Å². The quantitative estimate of drug-likeness (QED) is 0.321. The zero-order valence-corrected chi connectivity index (χ0v) is 21.6. The Kier molecular flexibility index (Phi) is 8.34. The lowest BCUT2D eigenvalue weighted by molar-refractivity contribution is -0.131. The van der Waals surface area contributed by atoms with E-state index in [1.807, 2.05) is 0 Å². The molecule has 0 unspecified atom stereocenters. The molecule has 1 aromatic heterocycles. The minimum atomic E-state index is -4.05. The van der Waals surface area contributed by atoms with Crippen LogP contribution in [0.5, 0.6) is 0 Å². The predicted molar refractivity (Wildman–Crippen MR) is 140 cm³/mol. The highest BCUT2D eigenvalue weighted by molar-refractivity contribution is 7.89. The molecule has 0 spiro atoms. The fourth-order valence-electron chi connectivity index (χ4n) is 4.47. The Labute approximate surface area is 224 Å². The van der Waals surface area contributed by atoms with Gasteiger partial charge in [-0.3, -0.25) is 9.78 Å².